The van der Waals surface area contributed by atoms with Gasteiger partial charge in [-0.3, -0.25) is 0 Å². The molecule has 0 N–H and O–H groups in total. The van der Waals surface area contributed by atoms with Gasteiger partial charge in [0.25, 0.3) is 0 Å². The van der Waals surface area contributed by atoms with Gasteiger partial charge in [0.1, 0.15) is 24.8 Å². The second-order valence-electron chi connectivity index (χ2n) is 3.30. The fourth-order valence-corrected chi connectivity index (χ4v) is 1.26. The topological polar surface area (TPSA) is 86.5 Å². The molecule has 1 aromatic heterocycles. The van der Waals surface area contributed by atoms with E-state index in [0.717, 1.165) is 0 Å². The number of ether oxygens (including phenoxy) is 2. The Morgan fingerprint density at radius 3 is 3.06 bits per heavy atom. The minimum absolute atomic E-state index is 0.205. The van der Waals surface area contributed by atoms with Gasteiger partial charge in [-0.25, -0.2) is 4.98 Å². The Labute approximate surface area is 104 Å². The highest BCUT2D eigenvalue weighted by atomic mass is 17.2. The van der Waals surface area contributed by atoms with Gasteiger partial charge < -0.3 is 14.4 Å². The zero-order valence-corrected chi connectivity index (χ0v) is 9.75. The van der Waals surface area contributed by atoms with Crippen molar-refractivity contribution in [3.8, 4) is 11.9 Å². The van der Waals surface area contributed by atoms with Crippen LogP contribution in [0.4, 0.5) is 0 Å². The van der Waals surface area contributed by atoms with Crippen molar-refractivity contribution in [2.24, 2.45) is 0 Å². The molecule has 2 rings (SSSR count). The molecule has 7 heteroatoms. The number of nitrogens with zero attached hydrogens (tertiary/aromatic N) is 3. The smallest absolute Gasteiger partial charge is 0.235 e. The number of rotatable bonds is 5. The Morgan fingerprint density at radius 1 is 1.50 bits per heavy atom. The van der Waals surface area contributed by atoms with Crippen LogP contribution < -0.4 is 4.74 Å². The Morgan fingerprint density at radius 2 is 2.39 bits per heavy atom. The standard InChI is InChI=1S/C11H11N3O4/c1-15-4-5-16-11-8(6-12)7-13-10(14-11)9-2-3-17-18-9/h2,7H,3-5H2,1H3. The lowest BCUT2D eigenvalue weighted by molar-refractivity contribution is -0.209. The molecule has 1 aliphatic heterocycles. The first-order chi connectivity index (χ1) is 8.85. The third kappa shape index (κ3) is 2.74. The van der Waals surface area contributed by atoms with Gasteiger partial charge in [-0.2, -0.15) is 15.1 Å². The lowest BCUT2D eigenvalue weighted by atomic mass is 10.3. The highest BCUT2D eigenvalue weighted by Crippen LogP contribution is 2.21. The quantitative estimate of drug-likeness (QED) is 0.560. The van der Waals surface area contributed by atoms with Crippen molar-refractivity contribution in [3.63, 3.8) is 0 Å². The Bertz CT molecular complexity index is 496. The molecule has 0 saturated carbocycles. The summed E-state index contributed by atoms with van der Waals surface area (Å²) in [6.07, 6.45) is 3.08. The van der Waals surface area contributed by atoms with Gasteiger partial charge in [0.05, 0.1) is 12.8 Å². The third-order valence-corrected chi connectivity index (χ3v) is 2.11. The summed E-state index contributed by atoms with van der Waals surface area (Å²) in [5.74, 6) is 0.936. The third-order valence-electron chi connectivity index (χ3n) is 2.11. The van der Waals surface area contributed by atoms with Crippen LogP contribution >= 0.6 is 0 Å². The number of hydrogen-bond acceptors (Lipinski definition) is 7. The van der Waals surface area contributed by atoms with Crippen LogP contribution in [0.3, 0.4) is 0 Å². The summed E-state index contributed by atoms with van der Waals surface area (Å²) in [5, 5.41) is 8.92. The number of hydrogen-bond donors (Lipinski definition) is 0. The van der Waals surface area contributed by atoms with Gasteiger partial charge in [-0.15, -0.1) is 0 Å². The fraction of sp³-hybridized carbons (Fsp3) is 0.364. The van der Waals surface area contributed by atoms with Crippen LogP contribution in [-0.4, -0.2) is 36.9 Å². The first kappa shape index (κ1) is 12.3. The predicted octanol–water partition coefficient (Wildman–Crippen LogP) is 0.676. The van der Waals surface area contributed by atoms with E-state index in [0.29, 0.717) is 31.4 Å². The summed E-state index contributed by atoms with van der Waals surface area (Å²) in [6.45, 7) is 1.06. The van der Waals surface area contributed by atoms with Crippen LogP contribution in [0.2, 0.25) is 0 Å². The van der Waals surface area contributed by atoms with Crippen molar-refractivity contribution in [2.45, 2.75) is 0 Å². The molecule has 0 atom stereocenters. The first-order valence-electron chi connectivity index (χ1n) is 5.24. The van der Waals surface area contributed by atoms with E-state index in [9.17, 15) is 0 Å². The second-order valence-corrected chi connectivity index (χ2v) is 3.30. The van der Waals surface area contributed by atoms with Crippen molar-refractivity contribution >= 4 is 5.76 Å². The van der Waals surface area contributed by atoms with E-state index in [1.54, 1.807) is 13.2 Å². The molecule has 0 saturated heterocycles. The minimum Gasteiger partial charge on any atom is -0.474 e. The van der Waals surface area contributed by atoms with Gasteiger partial charge in [-0.1, -0.05) is 0 Å². The minimum atomic E-state index is 0.205. The molecule has 0 radical (unpaired) electrons. The summed E-state index contributed by atoms with van der Waals surface area (Å²) >= 11 is 0. The molecule has 0 aliphatic carbocycles. The van der Waals surface area contributed by atoms with E-state index in [1.807, 2.05) is 6.07 Å². The zero-order chi connectivity index (χ0) is 12.8. The number of nitriles is 1. The molecule has 0 aromatic carbocycles. The fourth-order valence-electron chi connectivity index (χ4n) is 1.26. The largest absolute Gasteiger partial charge is 0.474 e. The van der Waals surface area contributed by atoms with E-state index in [2.05, 4.69) is 9.97 Å². The molecular weight excluding hydrogens is 238 g/mol. The molecule has 18 heavy (non-hydrogen) atoms. The number of methoxy groups -OCH3 is 1. The van der Waals surface area contributed by atoms with E-state index < -0.39 is 0 Å². The van der Waals surface area contributed by atoms with Crippen LogP contribution in [0.1, 0.15) is 11.4 Å². The maximum atomic E-state index is 8.92. The van der Waals surface area contributed by atoms with Gasteiger partial charge in [0, 0.05) is 7.11 Å². The van der Waals surface area contributed by atoms with Gasteiger partial charge in [-0.05, 0) is 6.08 Å². The molecule has 0 amide bonds. The number of aromatic nitrogens is 2. The normalized spacial score (nSPS) is 13.7. The summed E-state index contributed by atoms with van der Waals surface area (Å²) in [4.78, 5) is 17.7. The Hall–Kier alpha value is -2.17. The van der Waals surface area contributed by atoms with Gasteiger partial charge >= 0.3 is 0 Å². The van der Waals surface area contributed by atoms with Crippen molar-refractivity contribution in [2.75, 3.05) is 26.9 Å². The molecule has 0 spiro atoms. The first-order valence-corrected chi connectivity index (χ1v) is 5.24. The Kier molecular flexibility index (Phi) is 4.06. The van der Waals surface area contributed by atoms with Crippen LogP contribution in [-0.2, 0) is 14.5 Å². The van der Waals surface area contributed by atoms with E-state index >= 15 is 0 Å². The van der Waals surface area contributed by atoms with Crippen molar-refractivity contribution in [1.82, 2.24) is 9.97 Å². The molecule has 7 nitrogen and oxygen atoms in total. The lowest BCUT2D eigenvalue weighted by Crippen LogP contribution is -2.08. The second kappa shape index (κ2) is 5.95. The van der Waals surface area contributed by atoms with E-state index in [-0.39, 0.29) is 11.4 Å². The van der Waals surface area contributed by atoms with E-state index in [4.69, 9.17) is 24.5 Å². The molecule has 0 bridgehead atoms. The molecule has 1 aromatic rings. The van der Waals surface area contributed by atoms with Gasteiger partial charge in [0.15, 0.2) is 0 Å². The molecular formula is C11H11N3O4. The zero-order valence-electron chi connectivity index (χ0n) is 9.75. The van der Waals surface area contributed by atoms with E-state index in [1.165, 1.54) is 6.20 Å². The van der Waals surface area contributed by atoms with Crippen molar-refractivity contribution in [1.29, 1.82) is 5.26 Å². The maximum absolute atomic E-state index is 8.92. The average molecular weight is 249 g/mol. The van der Waals surface area contributed by atoms with Crippen LogP contribution in [0.5, 0.6) is 5.88 Å². The monoisotopic (exact) mass is 249 g/mol. The summed E-state index contributed by atoms with van der Waals surface area (Å²) in [7, 11) is 1.56. The molecule has 1 aliphatic rings. The lowest BCUT2D eigenvalue weighted by Gasteiger charge is -2.07. The van der Waals surface area contributed by atoms with Crippen molar-refractivity contribution < 1.29 is 19.2 Å². The van der Waals surface area contributed by atoms with Crippen LogP contribution in [0, 0.1) is 11.3 Å². The predicted molar refractivity (Wildman–Crippen MR) is 59.1 cm³/mol. The van der Waals surface area contributed by atoms with Crippen molar-refractivity contribution in [3.05, 3.63) is 23.7 Å². The Balaban J connectivity index is 2.19. The summed E-state index contributed by atoms with van der Waals surface area (Å²) in [6, 6.07) is 1.96. The molecule has 0 unspecified atom stereocenters. The average Bonchev–Trinajstić information content (AvgIpc) is 2.93. The maximum Gasteiger partial charge on any atom is 0.235 e. The summed E-state index contributed by atoms with van der Waals surface area (Å²) < 4.78 is 10.2. The highest BCUT2D eigenvalue weighted by molar-refractivity contribution is 5.54. The highest BCUT2D eigenvalue weighted by Gasteiger charge is 2.16. The molecule has 94 valence electrons. The molecule has 2 heterocycles. The molecule has 0 fully saturated rings. The summed E-state index contributed by atoms with van der Waals surface area (Å²) in [5.41, 5.74) is 0.259. The van der Waals surface area contributed by atoms with Crippen LogP contribution in [0.25, 0.3) is 5.76 Å². The SMILES string of the molecule is COCCOc1nc(C2=CCOO2)ncc1C#N. The van der Waals surface area contributed by atoms with Gasteiger partial charge in [0.2, 0.25) is 17.5 Å². The van der Waals surface area contributed by atoms with Crippen LogP contribution in [0.15, 0.2) is 12.3 Å².